The number of nitrogens with zero attached hydrogens (tertiary/aromatic N) is 1. The predicted octanol–water partition coefficient (Wildman–Crippen LogP) is 17.0. The summed E-state index contributed by atoms with van der Waals surface area (Å²) in [5, 5.41) is 14.0. The van der Waals surface area contributed by atoms with E-state index in [2.05, 4.69) is 31.3 Å². The summed E-state index contributed by atoms with van der Waals surface area (Å²) in [5.41, 5.74) is 0. The van der Waals surface area contributed by atoms with Gasteiger partial charge in [-0.15, -0.1) is 0 Å². The van der Waals surface area contributed by atoms with Crippen molar-refractivity contribution in [2.24, 2.45) is 0 Å². The molecule has 0 aromatic heterocycles. The van der Waals surface area contributed by atoms with Crippen LogP contribution in [0.5, 0.6) is 0 Å². The summed E-state index contributed by atoms with van der Waals surface area (Å²) in [6, 6.07) is -0.755. The van der Waals surface area contributed by atoms with Gasteiger partial charge in [0.25, 0.3) is 0 Å². The number of carbonyl (C=O) groups excluding carboxylic acids is 1. The number of amides is 1. The average molecular weight is 943 g/mol. The third kappa shape index (κ3) is 50.9. The highest BCUT2D eigenvalue weighted by molar-refractivity contribution is 7.47. The van der Waals surface area contributed by atoms with E-state index in [0.717, 1.165) is 38.5 Å². The summed E-state index contributed by atoms with van der Waals surface area (Å²) in [7, 11) is 1.63. The number of quaternary nitrogens is 1. The minimum Gasteiger partial charge on any atom is -0.391 e. The first-order chi connectivity index (χ1) is 31.5. The molecule has 0 bridgehead atoms. The van der Waals surface area contributed by atoms with Crippen LogP contribution in [0.3, 0.4) is 0 Å². The van der Waals surface area contributed by atoms with E-state index < -0.39 is 20.0 Å². The van der Waals surface area contributed by atoms with Crippen molar-refractivity contribution in [1.29, 1.82) is 0 Å². The lowest BCUT2D eigenvalue weighted by molar-refractivity contribution is -0.870. The van der Waals surface area contributed by atoms with Crippen LogP contribution in [-0.4, -0.2) is 73.4 Å². The van der Waals surface area contributed by atoms with Crippen molar-refractivity contribution in [2.45, 2.75) is 302 Å². The minimum atomic E-state index is -4.31. The molecule has 3 unspecified atom stereocenters. The Hall–Kier alpha value is -0.760. The van der Waals surface area contributed by atoms with Crippen molar-refractivity contribution in [2.75, 3.05) is 40.9 Å². The maximum Gasteiger partial charge on any atom is 0.472 e. The van der Waals surface area contributed by atoms with E-state index >= 15 is 0 Å². The van der Waals surface area contributed by atoms with Gasteiger partial charge in [-0.25, -0.2) is 4.57 Å². The van der Waals surface area contributed by atoms with E-state index in [1.807, 2.05) is 21.1 Å². The van der Waals surface area contributed by atoms with Crippen molar-refractivity contribution < 1.29 is 32.9 Å². The topological polar surface area (TPSA) is 105 Å². The Labute approximate surface area is 405 Å². The van der Waals surface area contributed by atoms with Crippen LogP contribution in [-0.2, 0) is 18.4 Å². The Morgan fingerprint density at radius 3 is 1.18 bits per heavy atom. The highest BCUT2D eigenvalue weighted by atomic mass is 31.2. The fraction of sp³-hybridized carbons (Fsp3) is 0.946. The molecule has 0 aliphatic heterocycles. The number of unbranched alkanes of at least 4 members (excludes halogenated alkanes) is 38. The predicted molar refractivity (Wildman–Crippen MR) is 282 cm³/mol. The van der Waals surface area contributed by atoms with E-state index in [-0.39, 0.29) is 19.1 Å². The maximum absolute atomic E-state index is 12.9. The van der Waals surface area contributed by atoms with Crippen molar-refractivity contribution in [3.05, 3.63) is 12.2 Å². The molecular formula is C56H114N2O6P+. The number of hydrogen-bond donors (Lipinski definition) is 3. The summed E-state index contributed by atoms with van der Waals surface area (Å²) in [6.07, 6.45) is 58.6. The molecule has 0 aliphatic carbocycles. The zero-order valence-corrected chi connectivity index (χ0v) is 45.2. The molecule has 0 rings (SSSR count). The zero-order chi connectivity index (χ0) is 47.8. The van der Waals surface area contributed by atoms with Gasteiger partial charge >= 0.3 is 7.82 Å². The van der Waals surface area contributed by atoms with Crippen molar-refractivity contribution in [3.63, 3.8) is 0 Å². The fourth-order valence-corrected chi connectivity index (χ4v) is 9.49. The maximum atomic E-state index is 12.9. The standard InChI is InChI=1S/C56H113N2O6P/c1-6-8-10-12-14-16-18-19-20-21-22-23-24-25-26-27-28-29-30-31-32-33-34-35-36-37-38-40-42-44-46-48-50-56(60)57-54(53-64-65(61,62)63-52-51-58(3,4)5)55(59)49-47-45-43-41-39-17-15-13-11-9-7-2/h25-26,54-55,59H,6-24,27-53H2,1-5H3,(H-,57,60,61,62)/p+1/b26-25-. The summed E-state index contributed by atoms with van der Waals surface area (Å²) in [6.45, 7) is 4.91. The number of allylic oxidation sites excluding steroid dienone is 2. The number of rotatable bonds is 53. The first kappa shape index (κ1) is 64.2. The number of phosphoric ester groups is 1. The third-order valence-electron chi connectivity index (χ3n) is 13.3. The van der Waals surface area contributed by atoms with E-state index in [9.17, 15) is 19.4 Å². The van der Waals surface area contributed by atoms with Crippen LogP contribution in [0.2, 0.25) is 0 Å². The second-order valence-electron chi connectivity index (χ2n) is 21.0. The van der Waals surface area contributed by atoms with Gasteiger partial charge in [-0.2, -0.15) is 0 Å². The van der Waals surface area contributed by atoms with Crippen LogP contribution in [0.4, 0.5) is 0 Å². The van der Waals surface area contributed by atoms with Gasteiger partial charge in [-0.1, -0.05) is 257 Å². The molecule has 388 valence electrons. The largest absolute Gasteiger partial charge is 0.472 e. The lowest BCUT2D eigenvalue weighted by Gasteiger charge is -2.26. The lowest BCUT2D eigenvalue weighted by atomic mass is 10.0. The first-order valence-electron chi connectivity index (χ1n) is 28.6. The number of hydrogen-bond acceptors (Lipinski definition) is 5. The van der Waals surface area contributed by atoms with Gasteiger partial charge in [-0.3, -0.25) is 13.8 Å². The normalized spacial score (nSPS) is 14.0. The van der Waals surface area contributed by atoms with Crippen LogP contribution in [0, 0.1) is 0 Å². The minimum absolute atomic E-state index is 0.0774. The Bertz CT molecular complexity index is 1070. The van der Waals surface area contributed by atoms with Crippen molar-refractivity contribution in [1.82, 2.24) is 5.32 Å². The number of likely N-dealkylation sites (N-methyl/N-ethyl adjacent to an activating group) is 1. The van der Waals surface area contributed by atoms with Gasteiger partial charge in [0.05, 0.1) is 39.9 Å². The lowest BCUT2D eigenvalue weighted by Crippen LogP contribution is -2.46. The summed E-state index contributed by atoms with van der Waals surface area (Å²) >= 11 is 0. The molecule has 0 aliphatic rings. The number of aliphatic hydroxyl groups is 1. The Morgan fingerprint density at radius 1 is 0.508 bits per heavy atom. The Balaban J connectivity index is 3.93. The molecule has 0 aromatic rings. The molecule has 9 heteroatoms. The molecule has 1 amide bonds. The van der Waals surface area contributed by atoms with Crippen molar-refractivity contribution in [3.8, 4) is 0 Å². The summed E-state index contributed by atoms with van der Waals surface area (Å²) < 4.78 is 23.7. The molecular weight excluding hydrogens is 828 g/mol. The molecule has 0 saturated carbocycles. The third-order valence-corrected chi connectivity index (χ3v) is 14.2. The number of nitrogens with one attached hydrogen (secondary N) is 1. The second-order valence-corrected chi connectivity index (χ2v) is 22.5. The Morgan fingerprint density at radius 2 is 0.831 bits per heavy atom. The van der Waals surface area contributed by atoms with Crippen LogP contribution in [0.1, 0.15) is 290 Å². The van der Waals surface area contributed by atoms with Crippen LogP contribution < -0.4 is 5.32 Å². The molecule has 0 aromatic carbocycles. The molecule has 0 saturated heterocycles. The van der Waals surface area contributed by atoms with Gasteiger partial charge in [0.2, 0.25) is 5.91 Å². The van der Waals surface area contributed by atoms with E-state index in [4.69, 9.17) is 9.05 Å². The first-order valence-corrected chi connectivity index (χ1v) is 30.0. The number of carbonyl (C=O) groups is 1. The molecule has 8 nitrogen and oxygen atoms in total. The SMILES string of the molecule is CCCCCCCCCCCCCC/C=C\CCCCCCCCCCCCCCCCCCC(=O)NC(COP(=O)(O)OCC[N+](C)(C)C)C(O)CCCCCCCCCCCCC. The highest BCUT2D eigenvalue weighted by Gasteiger charge is 2.28. The average Bonchev–Trinajstić information content (AvgIpc) is 3.26. The molecule has 0 spiro atoms. The van der Waals surface area contributed by atoms with Gasteiger partial charge < -0.3 is 19.8 Å². The van der Waals surface area contributed by atoms with Crippen LogP contribution in [0.25, 0.3) is 0 Å². The highest BCUT2D eigenvalue weighted by Crippen LogP contribution is 2.43. The molecule has 0 radical (unpaired) electrons. The second kappa shape index (κ2) is 48.3. The monoisotopic (exact) mass is 942 g/mol. The van der Waals surface area contributed by atoms with Gasteiger partial charge in [0, 0.05) is 6.42 Å². The quantitative estimate of drug-likeness (QED) is 0.0243. The van der Waals surface area contributed by atoms with Crippen molar-refractivity contribution >= 4 is 13.7 Å². The van der Waals surface area contributed by atoms with Crippen LogP contribution >= 0.6 is 7.82 Å². The molecule has 3 atom stereocenters. The smallest absolute Gasteiger partial charge is 0.391 e. The summed E-state index contributed by atoms with van der Waals surface area (Å²) in [4.78, 5) is 23.2. The molecule has 3 N–H and O–H groups in total. The van der Waals surface area contributed by atoms with Crippen LogP contribution in [0.15, 0.2) is 12.2 Å². The number of phosphoric acid groups is 1. The van der Waals surface area contributed by atoms with Gasteiger partial charge in [0.1, 0.15) is 13.2 Å². The molecule has 0 heterocycles. The van der Waals surface area contributed by atoms with E-state index in [0.29, 0.717) is 23.9 Å². The molecule has 65 heavy (non-hydrogen) atoms. The summed E-state index contributed by atoms with van der Waals surface area (Å²) in [5.74, 6) is -0.140. The number of aliphatic hydroxyl groups excluding tert-OH is 1. The van der Waals surface area contributed by atoms with Gasteiger partial charge in [0.15, 0.2) is 0 Å². The zero-order valence-electron chi connectivity index (χ0n) is 44.3. The fourth-order valence-electron chi connectivity index (χ4n) is 8.75. The Kier molecular flexibility index (Phi) is 47.7. The van der Waals surface area contributed by atoms with E-state index in [1.165, 1.54) is 225 Å². The van der Waals surface area contributed by atoms with E-state index in [1.54, 1.807) is 0 Å². The van der Waals surface area contributed by atoms with Gasteiger partial charge in [-0.05, 0) is 38.5 Å². The molecule has 0 fully saturated rings.